The molecule has 0 aliphatic rings. The van der Waals surface area contributed by atoms with Gasteiger partial charge in [-0.05, 0) is 36.8 Å². The molecular formula is C18H21NO4. The largest absolute Gasteiger partial charge is 0.497 e. The molecule has 122 valence electrons. The summed E-state index contributed by atoms with van der Waals surface area (Å²) in [6, 6.07) is 9.24. The molecule has 0 radical (unpaired) electrons. The van der Waals surface area contributed by atoms with Crippen LogP contribution in [-0.4, -0.2) is 30.3 Å². The van der Waals surface area contributed by atoms with Crippen LogP contribution < -0.4 is 10.1 Å². The molecule has 0 unspecified atom stereocenters. The summed E-state index contributed by atoms with van der Waals surface area (Å²) in [5, 5.41) is 13.1. The van der Waals surface area contributed by atoms with E-state index >= 15 is 0 Å². The number of hydrogen-bond donors (Lipinski definition) is 2. The number of nitrogens with one attached hydrogen (secondary N) is 1. The van der Waals surface area contributed by atoms with Crippen LogP contribution in [0.15, 0.2) is 53.4 Å². The Kier molecular flexibility index (Phi) is 5.60. The summed E-state index contributed by atoms with van der Waals surface area (Å²) in [4.78, 5) is 11.8. The standard InChI is InChI=1S/C18H21NO4/c1-18(21,11-14-3-6-16(22-2)7-4-14)13-19-17(20)8-5-15-9-10-23-12-15/h3-10,12,21H,11,13H2,1-2H3,(H,19,20)/b8-5+/t18-/m1/s1. The van der Waals surface area contributed by atoms with Gasteiger partial charge in [0.25, 0.3) is 0 Å². The van der Waals surface area contributed by atoms with Crippen molar-refractivity contribution in [3.63, 3.8) is 0 Å². The molecule has 0 spiro atoms. The second-order valence-corrected chi connectivity index (χ2v) is 5.63. The minimum absolute atomic E-state index is 0.160. The number of carbonyl (C=O) groups is 1. The molecule has 0 aliphatic heterocycles. The van der Waals surface area contributed by atoms with E-state index in [1.54, 1.807) is 32.4 Å². The third-order valence-electron chi connectivity index (χ3n) is 3.36. The Bertz CT molecular complexity index is 642. The molecule has 0 saturated carbocycles. The van der Waals surface area contributed by atoms with Crippen molar-refractivity contribution in [1.29, 1.82) is 0 Å². The highest BCUT2D eigenvalue weighted by Crippen LogP contribution is 2.16. The zero-order valence-electron chi connectivity index (χ0n) is 13.3. The van der Waals surface area contributed by atoms with E-state index < -0.39 is 5.60 Å². The van der Waals surface area contributed by atoms with Crippen LogP contribution in [0.25, 0.3) is 6.08 Å². The number of carbonyl (C=O) groups excluding carboxylic acids is 1. The molecule has 5 nitrogen and oxygen atoms in total. The fourth-order valence-electron chi connectivity index (χ4n) is 2.12. The molecule has 0 fully saturated rings. The van der Waals surface area contributed by atoms with Crippen LogP contribution in [0.3, 0.4) is 0 Å². The van der Waals surface area contributed by atoms with Gasteiger partial charge < -0.3 is 19.6 Å². The fraction of sp³-hybridized carbons (Fsp3) is 0.278. The van der Waals surface area contributed by atoms with Crippen LogP contribution in [0.4, 0.5) is 0 Å². The summed E-state index contributed by atoms with van der Waals surface area (Å²) in [5.41, 5.74) is 0.748. The number of methoxy groups -OCH3 is 1. The Morgan fingerprint density at radius 1 is 1.35 bits per heavy atom. The topological polar surface area (TPSA) is 71.7 Å². The number of hydrogen-bond acceptors (Lipinski definition) is 4. The number of furan rings is 1. The van der Waals surface area contributed by atoms with Gasteiger partial charge >= 0.3 is 0 Å². The molecule has 0 saturated heterocycles. The van der Waals surface area contributed by atoms with Gasteiger partial charge in [0.05, 0.1) is 25.2 Å². The molecule has 1 heterocycles. The lowest BCUT2D eigenvalue weighted by Gasteiger charge is -2.23. The smallest absolute Gasteiger partial charge is 0.244 e. The lowest BCUT2D eigenvalue weighted by molar-refractivity contribution is -0.117. The third kappa shape index (κ3) is 5.64. The van der Waals surface area contributed by atoms with Crippen molar-refractivity contribution in [2.75, 3.05) is 13.7 Å². The van der Waals surface area contributed by atoms with E-state index in [2.05, 4.69) is 5.32 Å². The highest BCUT2D eigenvalue weighted by atomic mass is 16.5. The maximum atomic E-state index is 11.8. The number of aliphatic hydroxyl groups is 1. The second-order valence-electron chi connectivity index (χ2n) is 5.63. The summed E-state index contributed by atoms with van der Waals surface area (Å²) in [7, 11) is 1.61. The van der Waals surface area contributed by atoms with Crippen molar-refractivity contribution in [1.82, 2.24) is 5.32 Å². The zero-order valence-corrected chi connectivity index (χ0v) is 13.3. The Hall–Kier alpha value is -2.53. The van der Waals surface area contributed by atoms with E-state index in [9.17, 15) is 9.90 Å². The first-order valence-corrected chi connectivity index (χ1v) is 7.32. The molecule has 1 atom stereocenters. The van der Waals surface area contributed by atoms with E-state index in [1.807, 2.05) is 24.3 Å². The van der Waals surface area contributed by atoms with E-state index in [0.29, 0.717) is 6.42 Å². The highest BCUT2D eigenvalue weighted by Gasteiger charge is 2.21. The fourth-order valence-corrected chi connectivity index (χ4v) is 2.12. The van der Waals surface area contributed by atoms with Crippen molar-refractivity contribution >= 4 is 12.0 Å². The van der Waals surface area contributed by atoms with Crippen molar-refractivity contribution in [2.45, 2.75) is 18.9 Å². The summed E-state index contributed by atoms with van der Waals surface area (Å²) in [5.74, 6) is 0.507. The SMILES string of the molecule is COc1ccc(C[C@@](C)(O)CNC(=O)/C=C/c2ccoc2)cc1. The van der Waals surface area contributed by atoms with Gasteiger partial charge in [-0.1, -0.05) is 12.1 Å². The van der Waals surface area contributed by atoms with Gasteiger partial charge in [0.15, 0.2) is 0 Å². The Labute approximate surface area is 135 Å². The maximum Gasteiger partial charge on any atom is 0.244 e. The van der Waals surface area contributed by atoms with Crippen molar-refractivity contribution in [3.8, 4) is 5.75 Å². The second kappa shape index (κ2) is 7.65. The van der Waals surface area contributed by atoms with Gasteiger partial charge in [0.2, 0.25) is 5.91 Å². The van der Waals surface area contributed by atoms with Crippen LogP contribution >= 0.6 is 0 Å². The zero-order chi connectivity index (χ0) is 16.7. The molecule has 1 aromatic carbocycles. The third-order valence-corrected chi connectivity index (χ3v) is 3.36. The van der Waals surface area contributed by atoms with Crippen molar-refractivity contribution in [3.05, 3.63) is 60.1 Å². The van der Waals surface area contributed by atoms with Crippen LogP contribution in [0.1, 0.15) is 18.1 Å². The van der Waals surface area contributed by atoms with Crippen LogP contribution in [-0.2, 0) is 11.2 Å². The van der Waals surface area contributed by atoms with Gasteiger partial charge in [-0.15, -0.1) is 0 Å². The lowest BCUT2D eigenvalue weighted by atomic mass is 9.96. The van der Waals surface area contributed by atoms with Gasteiger partial charge in [0, 0.05) is 24.6 Å². The first-order valence-electron chi connectivity index (χ1n) is 7.32. The van der Waals surface area contributed by atoms with Crippen molar-refractivity contribution in [2.24, 2.45) is 0 Å². The van der Waals surface area contributed by atoms with Crippen LogP contribution in [0, 0.1) is 0 Å². The average molecular weight is 315 g/mol. The Balaban J connectivity index is 1.83. The van der Waals surface area contributed by atoms with Gasteiger partial charge in [0.1, 0.15) is 5.75 Å². The molecule has 5 heteroatoms. The predicted molar refractivity (Wildman–Crippen MR) is 88.1 cm³/mol. The minimum atomic E-state index is -1.03. The Morgan fingerprint density at radius 3 is 2.70 bits per heavy atom. The first kappa shape index (κ1) is 16.8. The maximum absolute atomic E-state index is 11.8. The molecule has 1 aromatic heterocycles. The van der Waals surface area contributed by atoms with Crippen LogP contribution in [0.5, 0.6) is 5.75 Å². The predicted octanol–water partition coefficient (Wildman–Crippen LogP) is 2.41. The minimum Gasteiger partial charge on any atom is -0.497 e. The molecule has 1 amide bonds. The molecule has 0 bridgehead atoms. The quantitative estimate of drug-likeness (QED) is 0.770. The number of benzene rings is 1. The number of ether oxygens (including phenoxy) is 1. The molecule has 2 rings (SSSR count). The highest BCUT2D eigenvalue weighted by molar-refractivity contribution is 5.91. The molecule has 2 N–H and O–H groups in total. The number of amides is 1. The van der Waals surface area contributed by atoms with Gasteiger partial charge in [-0.3, -0.25) is 4.79 Å². The summed E-state index contributed by atoms with van der Waals surface area (Å²) >= 11 is 0. The lowest BCUT2D eigenvalue weighted by Crippen LogP contribution is -2.41. The molecular weight excluding hydrogens is 294 g/mol. The van der Waals surface area contributed by atoms with Crippen LogP contribution in [0.2, 0.25) is 0 Å². The monoisotopic (exact) mass is 315 g/mol. The normalized spacial score (nSPS) is 13.7. The summed E-state index contributed by atoms with van der Waals surface area (Å²) < 4.78 is 10.0. The first-order chi connectivity index (χ1) is 11.0. The van der Waals surface area contributed by atoms with E-state index in [0.717, 1.165) is 16.9 Å². The number of rotatable bonds is 7. The Morgan fingerprint density at radius 2 is 2.09 bits per heavy atom. The van der Waals surface area contributed by atoms with E-state index in [1.165, 1.54) is 12.3 Å². The van der Waals surface area contributed by atoms with Crippen molar-refractivity contribution < 1.29 is 19.1 Å². The van der Waals surface area contributed by atoms with E-state index in [4.69, 9.17) is 9.15 Å². The molecule has 2 aromatic rings. The summed E-state index contributed by atoms with van der Waals surface area (Å²) in [6.45, 7) is 1.85. The van der Waals surface area contributed by atoms with E-state index in [-0.39, 0.29) is 12.5 Å². The molecule has 23 heavy (non-hydrogen) atoms. The van der Waals surface area contributed by atoms with Gasteiger partial charge in [-0.2, -0.15) is 0 Å². The summed E-state index contributed by atoms with van der Waals surface area (Å²) in [6.07, 6.45) is 6.58. The molecule has 0 aliphatic carbocycles. The average Bonchev–Trinajstić information content (AvgIpc) is 3.05. The van der Waals surface area contributed by atoms with Gasteiger partial charge in [-0.25, -0.2) is 0 Å².